The maximum Gasteiger partial charge on any atom is 0.139 e. The predicted octanol–water partition coefficient (Wildman–Crippen LogP) is 15.0. The summed E-state index contributed by atoms with van der Waals surface area (Å²) in [5.74, 6) is 0. The third kappa shape index (κ3) is 5.98. The average molecular weight is 705 g/mol. The fourth-order valence-corrected chi connectivity index (χ4v) is 7.86. The molecule has 0 aliphatic carbocycles. The van der Waals surface area contributed by atoms with Crippen molar-refractivity contribution < 1.29 is 4.42 Å². The average Bonchev–Trinajstić information content (AvgIpc) is 3.62. The van der Waals surface area contributed by atoms with Gasteiger partial charge in [-0.25, -0.2) is 0 Å². The van der Waals surface area contributed by atoms with Gasteiger partial charge in [0.2, 0.25) is 0 Å². The van der Waals surface area contributed by atoms with Crippen LogP contribution in [0, 0.1) is 0 Å². The monoisotopic (exact) mass is 704 g/mol. The summed E-state index contributed by atoms with van der Waals surface area (Å²) in [6.07, 6.45) is 0. The first-order valence-corrected chi connectivity index (χ1v) is 18.7. The van der Waals surface area contributed by atoms with Crippen LogP contribution in [0.25, 0.3) is 55.0 Å². The van der Waals surface area contributed by atoms with Gasteiger partial charge < -0.3 is 14.2 Å². The van der Waals surface area contributed by atoms with Gasteiger partial charge in [-0.15, -0.1) is 0 Å². The lowest BCUT2D eigenvalue weighted by Gasteiger charge is -2.31. The molecular weight excluding hydrogens is 669 g/mol. The first-order chi connectivity index (χ1) is 27.3. The van der Waals surface area contributed by atoms with E-state index in [4.69, 9.17) is 4.42 Å². The molecule has 0 aliphatic rings. The summed E-state index contributed by atoms with van der Waals surface area (Å²) in [7, 11) is 0. The Labute approximate surface area is 320 Å². The van der Waals surface area contributed by atoms with Gasteiger partial charge in [-0.05, 0) is 88.1 Å². The molecule has 1 aromatic heterocycles. The molecule has 0 bridgehead atoms. The summed E-state index contributed by atoms with van der Waals surface area (Å²) >= 11 is 0. The smallest absolute Gasteiger partial charge is 0.139 e. The lowest BCUT2D eigenvalue weighted by Crippen LogP contribution is -2.14. The number of fused-ring (bicyclic) bond motifs is 4. The molecule has 0 unspecified atom stereocenters. The van der Waals surface area contributed by atoms with Crippen LogP contribution in [0.5, 0.6) is 0 Å². The van der Waals surface area contributed by atoms with Crippen molar-refractivity contribution in [2.45, 2.75) is 0 Å². The van der Waals surface area contributed by atoms with Crippen molar-refractivity contribution >= 4 is 66.8 Å². The van der Waals surface area contributed by atoms with Crippen molar-refractivity contribution in [3.63, 3.8) is 0 Å². The van der Waals surface area contributed by atoms with Crippen molar-refractivity contribution in [1.82, 2.24) is 0 Å². The zero-order valence-corrected chi connectivity index (χ0v) is 30.1. The number of hydrogen-bond acceptors (Lipinski definition) is 3. The van der Waals surface area contributed by atoms with Gasteiger partial charge in [0.25, 0.3) is 0 Å². The highest BCUT2D eigenvalue weighted by Gasteiger charge is 2.25. The minimum Gasteiger partial charge on any atom is -0.456 e. The van der Waals surface area contributed by atoms with Gasteiger partial charge in [0.05, 0.1) is 22.4 Å². The van der Waals surface area contributed by atoms with E-state index in [-0.39, 0.29) is 0 Å². The molecule has 0 aliphatic heterocycles. The molecule has 0 radical (unpaired) electrons. The molecule has 0 atom stereocenters. The Hall–Kier alpha value is -7.36. The lowest BCUT2D eigenvalue weighted by molar-refractivity contribution is 0.669. The van der Waals surface area contributed by atoms with Crippen LogP contribution in [0.4, 0.5) is 34.1 Å². The zero-order valence-electron chi connectivity index (χ0n) is 30.1. The molecule has 0 N–H and O–H groups in total. The van der Waals surface area contributed by atoms with Crippen molar-refractivity contribution in [3.05, 3.63) is 218 Å². The Kier molecular flexibility index (Phi) is 8.16. The second-order valence-electron chi connectivity index (χ2n) is 13.8. The number of nitrogens with zero attached hydrogens (tertiary/aromatic N) is 2. The van der Waals surface area contributed by atoms with E-state index in [2.05, 4.69) is 228 Å². The maximum atomic E-state index is 6.94. The SMILES string of the molecule is c1ccc(-c2cccc(N(c3ccccc3)c3cc(N(c4ccccc4)c4ccccc4-c4ccccc4)c4c(c3)oc3cc5ccccc5cc34)c2)cc1. The molecule has 3 heteroatoms. The number of furan rings is 1. The van der Waals surface area contributed by atoms with Crippen LogP contribution >= 0.6 is 0 Å². The highest BCUT2D eigenvalue weighted by atomic mass is 16.3. The first kappa shape index (κ1) is 32.3. The molecule has 3 nitrogen and oxygen atoms in total. The van der Waals surface area contributed by atoms with Gasteiger partial charge in [-0.2, -0.15) is 0 Å². The molecule has 1 heterocycles. The van der Waals surface area contributed by atoms with Gasteiger partial charge in [0, 0.05) is 34.1 Å². The topological polar surface area (TPSA) is 19.6 Å². The predicted molar refractivity (Wildman–Crippen MR) is 231 cm³/mol. The summed E-state index contributed by atoms with van der Waals surface area (Å²) in [4.78, 5) is 4.74. The number of anilines is 6. The second-order valence-corrected chi connectivity index (χ2v) is 13.8. The summed E-state index contributed by atoms with van der Waals surface area (Å²) in [6.45, 7) is 0. The van der Waals surface area contributed by atoms with Crippen LogP contribution in [-0.4, -0.2) is 0 Å². The van der Waals surface area contributed by atoms with Gasteiger partial charge in [-0.3, -0.25) is 0 Å². The van der Waals surface area contributed by atoms with Gasteiger partial charge >= 0.3 is 0 Å². The molecule has 10 aromatic rings. The highest BCUT2D eigenvalue weighted by molar-refractivity contribution is 6.18. The van der Waals surface area contributed by atoms with E-state index < -0.39 is 0 Å². The number of para-hydroxylation sites is 3. The van der Waals surface area contributed by atoms with E-state index >= 15 is 0 Å². The normalized spacial score (nSPS) is 11.3. The standard InChI is InChI=1S/C52H36N2O/c1-5-18-37(19-6-1)39-24-17-29-44(32-39)53(42-25-9-3-10-26-42)45-35-49(52-47-33-40-22-13-14-23-41(40)34-50(47)55-51(52)36-45)54(43-27-11-4-12-28-43)48-31-16-15-30-46(48)38-20-7-2-8-21-38/h1-36H. The maximum absolute atomic E-state index is 6.94. The Morgan fingerprint density at radius 1 is 0.309 bits per heavy atom. The largest absolute Gasteiger partial charge is 0.456 e. The lowest BCUT2D eigenvalue weighted by atomic mass is 9.99. The van der Waals surface area contributed by atoms with Crippen molar-refractivity contribution in [1.29, 1.82) is 0 Å². The molecule has 0 saturated heterocycles. The number of rotatable bonds is 8. The minimum absolute atomic E-state index is 0.816. The Morgan fingerprint density at radius 3 is 1.56 bits per heavy atom. The fourth-order valence-electron chi connectivity index (χ4n) is 7.86. The quantitative estimate of drug-likeness (QED) is 0.157. The third-order valence-electron chi connectivity index (χ3n) is 10.4. The molecule has 55 heavy (non-hydrogen) atoms. The van der Waals surface area contributed by atoms with Gasteiger partial charge in [0.15, 0.2) is 0 Å². The number of benzene rings is 9. The summed E-state index contributed by atoms with van der Waals surface area (Å²) in [5, 5.41) is 4.45. The van der Waals surface area contributed by atoms with Crippen molar-refractivity contribution in [3.8, 4) is 22.3 Å². The molecule has 0 spiro atoms. The van der Waals surface area contributed by atoms with E-state index in [0.29, 0.717) is 0 Å². The van der Waals surface area contributed by atoms with Crippen LogP contribution in [0.15, 0.2) is 223 Å². The first-order valence-electron chi connectivity index (χ1n) is 18.7. The molecule has 0 saturated carbocycles. The minimum atomic E-state index is 0.816. The molecule has 0 amide bonds. The zero-order chi connectivity index (χ0) is 36.6. The van der Waals surface area contributed by atoms with Crippen LogP contribution in [0.2, 0.25) is 0 Å². The summed E-state index contributed by atoms with van der Waals surface area (Å²) < 4.78 is 6.94. The van der Waals surface area contributed by atoms with Crippen LogP contribution in [0.1, 0.15) is 0 Å². The van der Waals surface area contributed by atoms with Gasteiger partial charge in [0.1, 0.15) is 11.2 Å². The van der Waals surface area contributed by atoms with E-state index in [1.54, 1.807) is 0 Å². The highest BCUT2D eigenvalue weighted by Crippen LogP contribution is 2.49. The second kappa shape index (κ2) is 13.9. The molecule has 9 aromatic carbocycles. The van der Waals surface area contributed by atoms with Crippen LogP contribution in [0.3, 0.4) is 0 Å². The van der Waals surface area contributed by atoms with E-state index in [9.17, 15) is 0 Å². The van der Waals surface area contributed by atoms with Crippen LogP contribution < -0.4 is 9.80 Å². The van der Waals surface area contributed by atoms with E-state index in [0.717, 1.165) is 78.1 Å². The van der Waals surface area contributed by atoms with Gasteiger partial charge in [-0.1, -0.05) is 152 Å². The molecule has 260 valence electrons. The van der Waals surface area contributed by atoms with Crippen LogP contribution in [-0.2, 0) is 0 Å². The van der Waals surface area contributed by atoms with Crippen molar-refractivity contribution in [2.24, 2.45) is 0 Å². The summed E-state index contributed by atoms with van der Waals surface area (Å²) in [6, 6.07) is 77.5. The third-order valence-corrected chi connectivity index (χ3v) is 10.4. The van der Waals surface area contributed by atoms with E-state index in [1.165, 1.54) is 10.9 Å². The number of hydrogen-bond donors (Lipinski definition) is 0. The Balaban J connectivity index is 1.30. The molecule has 0 fully saturated rings. The van der Waals surface area contributed by atoms with Crippen molar-refractivity contribution in [2.75, 3.05) is 9.80 Å². The Morgan fingerprint density at radius 2 is 0.855 bits per heavy atom. The van der Waals surface area contributed by atoms with E-state index in [1.807, 2.05) is 0 Å². The molecular formula is C52H36N2O. The Bertz CT molecular complexity index is 2920. The summed E-state index contributed by atoms with van der Waals surface area (Å²) in [5.41, 5.74) is 12.5. The fraction of sp³-hybridized carbons (Fsp3) is 0. The molecule has 10 rings (SSSR count).